The predicted octanol–water partition coefficient (Wildman–Crippen LogP) is 5.79. The molecular formula is C26H25ClN2O5S. The topological polar surface area (TPSA) is 93.7 Å². The highest BCUT2D eigenvalue weighted by atomic mass is 35.5. The van der Waals surface area contributed by atoms with Crippen molar-refractivity contribution in [2.75, 3.05) is 24.4 Å². The van der Waals surface area contributed by atoms with Crippen LogP contribution in [0, 0.1) is 0 Å². The van der Waals surface area contributed by atoms with Gasteiger partial charge in [-0.1, -0.05) is 35.5 Å². The van der Waals surface area contributed by atoms with E-state index in [1.54, 1.807) is 36.0 Å². The molecule has 2 amide bonds. The van der Waals surface area contributed by atoms with E-state index in [0.29, 0.717) is 28.6 Å². The van der Waals surface area contributed by atoms with Gasteiger partial charge in [-0.05, 0) is 67.1 Å². The molecule has 0 aliphatic rings. The van der Waals surface area contributed by atoms with Gasteiger partial charge in [-0.25, -0.2) is 0 Å². The number of esters is 1. The van der Waals surface area contributed by atoms with Crippen LogP contribution >= 0.6 is 23.4 Å². The van der Waals surface area contributed by atoms with Crippen molar-refractivity contribution in [3.63, 3.8) is 0 Å². The molecule has 0 heterocycles. The van der Waals surface area contributed by atoms with Gasteiger partial charge in [-0.3, -0.25) is 14.4 Å². The van der Waals surface area contributed by atoms with Crippen molar-refractivity contribution in [2.24, 2.45) is 0 Å². The summed E-state index contributed by atoms with van der Waals surface area (Å²) in [6, 6.07) is 22.0. The first-order valence-electron chi connectivity index (χ1n) is 10.8. The quantitative estimate of drug-likeness (QED) is 0.316. The largest absolute Gasteiger partial charge is 0.495 e. The lowest BCUT2D eigenvalue weighted by atomic mass is 10.2. The summed E-state index contributed by atoms with van der Waals surface area (Å²) in [5.74, 6) is -0.715. The van der Waals surface area contributed by atoms with Crippen LogP contribution in [0.2, 0.25) is 5.02 Å². The van der Waals surface area contributed by atoms with Gasteiger partial charge in [0, 0.05) is 33.3 Å². The summed E-state index contributed by atoms with van der Waals surface area (Å²) in [7, 11) is 1.50. The third kappa shape index (κ3) is 8.99. The van der Waals surface area contributed by atoms with Crippen LogP contribution in [0.5, 0.6) is 5.75 Å². The first kappa shape index (κ1) is 26.1. The van der Waals surface area contributed by atoms with Gasteiger partial charge in [0.15, 0.2) is 6.61 Å². The smallest absolute Gasteiger partial charge is 0.306 e. The van der Waals surface area contributed by atoms with Crippen molar-refractivity contribution in [1.29, 1.82) is 0 Å². The number of anilines is 2. The number of hydrogen-bond donors (Lipinski definition) is 2. The fourth-order valence-electron chi connectivity index (χ4n) is 3.01. The maximum atomic E-state index is 12.2. The Kier molecular flexibility index (Phi) is 10.0. The highest BCUT2D eigenvalue weighted by Gasteiger charge is 2.11. The number of ether oxygens (including phenoxy) is 2. The Morgan fingerprint density at radius 3 is 2.17 bits per heavy atom. The summed E-state index contributed by atoms with van der Waals surface area (Å²) in [5, 5.41) is 6.12. The molecule has 0 bridgehead atoms. The fraction of sp³-hybridized carbons (Fsp3) is 0.192. The van der Waals surface area contributed by atoms with E-state index in [1.165, 1.54) is 7.11 Å². The fourth-order valence-corrected chi connectivity index (χ4v) is 3.96. The minimum absolute atomic E-state index is 0.0338. The van der Waals surface area contributed by atoms with Gasteiger partial charge in [0.05, 0.1) is 12.8 Å². The molecule has 3 rings (SSSR count). The third-order valence-corrected chi connectivity index (χ3v) is 5.99. The van der Waals surface area contributed by atoms with E-state index >= 15 is 0 Å². The van der Waals surface area contributed by atoms with E-state index in [9.17, 15) is 14.4 Å². The van der Waals surface area contributed by atoms with Gasteiger partial charge < -0.3 is 20.1 Å². The van der Waals surface area contributed by atoms with Crippen LogP contribution in [0.25, 0.3) is 0 Å². The van der Waals surface area contributed by atoms with E-state index < -0.39 is 18.5 Å². The molecule has 9 heteroatoms. The second kappa shape index (κ2) is 13.4. The number of benzene rings is 3. The number of carbonyl (C=O) groups excluding carboxylic acids is 3. The molecular weight excluding hydrogens is 488 g/mol. The van der Waals surface area contributed by atoms with Crippen LogP contribution in [0.1, 0.15) is 19.3 Å². The molecule has 0 unspecified atom stereocenters. The number of halogens is 1. The van der Waals surface area contributed by atoms with E-state index in [1.807, 2.05) is 48.5 Å². The second-order valence-corrected chi connectivity index (χ2v) is 8.97. The minimum atomic E-state index is -0.545. The molecule has 3 aromatic rings. The summed E-state index contributed by atoms with van der Waals surface area (Å²) in [5.41, 5.74) is 1.16. The molecule has 0 saturated carbocycles. The maximum Gasteiger partial charge on any atom is 0.306 e. The van der Waals surface area contributed by atoms with Crippen LogP contribution in [0.3, 0.4) is 0 Å². The number of methoxy groups -OCH3 is 1. The number of carbonyl (C=O) groups is 3. The average molecular weight is 513 g/mol. The van der Waals surface area contributed by atoms with E-state index in [0.717, 1.165) is 9.79 Å². The minimum Gasteiger partial charge on any atom is -0.495 e. The van der Waals surface area contributed by atoms with Crippen LogP contribution < -0.4 is 15.4 Å². The lowest BCUT2D eigenvalue weighted by Crippen LogP contribution is -2.21. The molecule has 7 nitrogen and oxygen atoms in total. The molecule has 182 valence electrons. The summed E-state index contributed by atoms with van der Waals surface area (Å²) in [6.07, 6.45) is 0.499. The summed E-state index contributed by atoms with van der Waals surface area (Å²) >= 11 is 7.50. The van der Waals surface area contributed by atoms with Gasteiger partial charge in [-0.15, -0.1) is 0 Å². The molecule has 3 aromatic carbocycles. The van der Waals surface area contributed by atoms with Gasteiger partial charge >= 0.3 is 5.97 Å². The van der Waals surface area contributed by atoms with Crippen molar-refractivity contribution in [3.8, 4) is 5.75 Å². The van der Waals surface area contributed by atoms with E-state index in [4.69, 9.17) is 21.1 Å². The lowest BCUT2D eigenvalue weighted by molar-refractivity contribution is -0.147. The zero-order valence-corrected chi connectivity index (χ0v) is 20.7. The molecule has 0 radical (unpaired) electrons. The molecule has 0 aromatic heterocycles. The van der Waals surface area contributed by atoms with Gasteiger partial charge in [0.2, 0.25) is 5.91 Å². The SMILES string of the molecule is COc1ccccc1NC(=O)COC(=O)CCCC(=O)Nc1ccc(Sc2ccc(Cl)cc2)cc1. The van der Waals surface area contributed by atoms with Crippen molar-refractivity contribution >= 4 is 52.5 Å². The molecule has 0 aliphatic heterocycles. The Morgan fingerprint density at radius 1 is 0.829 bits per heavy atom. The highest BCUT2D eigenvalue weighted by Crippen LogP contribution is 2.29. The number of rotatable bonds is 11. The van der Waals surface area contributed by atoms with Crippen molar-refractivity contribution in [2.45, 2.75) is 29.1 Å². The van der Waals surface area contributed by atoms with Gasteiger partial charge in [0.25, 0.3) is 5.91 Å². The number of para-hydroxylation sites is 2. The molecule has 0 atom stereocenters. The standard InChI is InChI=1S/C26H25ClN2O5S/c1-33-23-6-3-2-5-22(23)29-25(31)17-34-26(32)8-4-7-24(30)28-19-11-15-21(16-12-19)35-20-13-9-18(27)10-14-20/h2-3,5-6,9-16H,4,7-8,17H2,1H3,(H,28,30)(H,29,31). The number of hydrogen-bond acceptors (Lipinski definition) is 6. The Morgan fingerprint density at radius 2 is 1.49 bits per heavy atom. The van der Waals surface area contributed by atoms with Crippen LogP contribution in [-0.2, 0) is 19.1 Å². The molecule has 0 aliphatic carbocycles. The van der Waals surface area contributed by atoms with E-state index in [-0.39, 0.29) is 18.7 Å². The third-order valence-electron chi connectivity index (χ3n) is 4.72. The summed E-state index contributed by atoms with van der Waals surface area (Å²) in [4.78, 5) is 38.2. The average Bonchev–Trinajstić information content (AvgIpc) is 2.86. The Bertz CT molecular complexity index is 1150. The maximum absolute atomic E-state index is 12.2. The normalized spacial score (nSPS) is 10.3. The second-order valence-electron chi connectivity index (χ2n) is 7.39. The molecule has 2 N–H and O–H groups in total. The monoisotopic (exact) mass is 512 g/mol. The molecule has 35 heavy (non-hydrogen) atoms. The Labute approximate surface area is 213 Å². The Balaban J connectivity index is 1.33. The summed E-state index contributed by atoms with van der Waals surface area (Å²) < 4.78 is 10.1. The first-order chi connectivity index (χ1) is 16.9. The number of nitrogens with one attached hydrogen (secondary N) is 2. The highest BCUT2D eigenvalue weighted by molar-refractivity contribution is 7.99. The van der Waals surface area contributed by atoms with Crippen molar-refractivity contribution in [1.82, 2.24) is 0 Å². The number of amides is 2. The molecule has 0 fully saturated rings. The first-order valence-corrected chi connectivity index (χ1v) is 12.0. The molecule has 0 spiro atoms. The van der Waals surface area contributed by atoms with Crippen LogP contribution in [-0.4, -0.2) is 31.5 Å². The van der Waals surface area contributed by atoms with Gasteiger partial charge in [0.1, 0.15) is 5.75 Å². The van der Waals surface area contributed by atoms with Crippen molar-refractivity contribution < 1.29 is 23.9 Å². The van der Waals surface area contributed by atoms with Crippen LogP contribution in [0.15, 0.2) is 82.6 Å². The van der Waals surface area contributed by atoms with E-state index in [2.05, 4.69) is 10.6 Å². The van der Waals surface area contributed by atoms with Crippen molar-refractivity contribution in [3.05, 3.63) is 77.8 Å². The van der Waals surface area contributed by atoms with Gasteiger partial charge in [-0.2, -0.15) is 0 Å². The lowest BCUT2D eigenvalue weighted by Gasteiger charge is -2.10. The van der Waals surface area contributed by atoms with Crippen LogP contribution in [0.4, 0.5) is 11.4 Å². The predicted molar refractivity (Wildman–Crippen MR) is 137 cm³/mol. The summed E-state index contributed by atoms with van der Waals surface area (Å²) in [6.45, 7) is -0.413. The zero-order valence-electron chi connectivity index (χ0n) is 19.1. The zero-order chi connectivity index (χ0) is 25.0. The molecule has 0 saturated heterocycles. The Hall–Kier alpha value is -3.49.